The molecule has 138 valence electrons. The Balaban J connectivity index is 2.05. The smallest absolute Gasteiger partial charge is 0.355 e. The molecule has 0 bridgehead atoms. The molecule has 0 unspecified atom stereocenters. The molecule has 6 nitrogen and oxygen atoms in total. The Labute approximate surface area is 148 Å². The average molecular weight is 348 g/mol. The van der Waals surface area contributed by atoms with Gasteiger partial charge in [-0.1, -0.05) is 19.3 Å². The lowest BCUT2D eigenvalue weighted by atomic mass is 9.94. The summed E-state index contributed by atoms with van der Waals surface area (Å²) in [5.74, 6) is -0.898. The Hall–Kier alpha value is -2.11. The van der Waals surface area contributed by atoms with Gasteiger partial charge in [-0.25, -0.2) is 4.79 Å². The van der Waals surface area contributed by atoms with Crippen molar-refractivity contribution < 1.29 is 19.1 Å². The van der Waals surface area contributed by atoms with Gasteiger partial charge < -0.3 is 14.6 Å². The van der Waals surface area contributed by atoms with E-state index in [1.807, 2.05) is 0 Å². The summed E-state index contributed by atoms with van der Waals surface area (Å²) in [4.78, 5) is 41.3. The fourth-order valence-electron chi connectivity index (χ4n) is 3.69. The topological polar surface area (TPSA) is 79.5 Å². The van der Waals surface area contributed by atoms with E-state index in [1.165, 1.54) is 13.3 Å². The number of ketones is 1. The minimum atomic E-state index is -0.858. The molecular weight excluding hydrogens is 320 g/mol. The second kappa shape index (κ2) is 7.85. The van der Waals surface area contributed by atoms with Crippen molar-refractivity contribution in [2.24, 2.45) is 0 Å². The molecule has 1 N–H and O–H groups in total. The zero-order chi connectivity index (χ0) is 18.7. The van der Waals surface area contributed by atoms with Crippen molar-refractivity contribution in [1.29, 1.82) is 0 Å². The minimum Gasteiger partial charge on any atom is -0.448 e. The predicted molar refractivity (Wildman–Crippen MR) is 94.8 cm³/mol. The molecule has 0 spiro atoms. The van der Waals surface area contributed by atoms with E-state index in [-0.39, 0.29) is 23.4 Å². The largest absolute Gasteiger partial charge is 0.448 e. The zero-order valence-corrected chi connectivity index (χ0v) is 15.8. The molecule has 1 aliphatic carbocycles. The van der Waals surface area contributed by atoms with E-state index in [2.05, 4.69) is 4.98 Å². The second-order valence-corrected chi connectivity index (χ2v) is 6.97. The van der Waals surface area contributed by atoms with E-state index in [9.17, 15) is 14.4 Å². The van der Waals surface area contributed by atoms with Crippen LogP contribution in [0.15, 0.2) is 0 Å². The van der Waals surface area contributed by atoms with Gasteiger partial charge in [0.25, 0.3) is 5.91 Å². The van der Waals surface area contributed by atoms with Gasteiger partial charge in [0.2, 0.25) is 0 Å². The molecule has 25 heavy (non-hydrogen) atoms. The minimum absolute atomic E-state index is 0.105. The number of aromatic nitrogens is 1. The second-order valence-electron chi connectivity index (χ2n) is 6.97. The van der Waals surface area contributed by atoms with Crippen molar-refractivity contribution in [3.8, 4) is 0 Å². The first kappa shape index (κ1) is 19.2. The number of rotatable bonds is 5. The highest BCUT2D eigenvalue weighted by molar-refractivity contribution is 6.01. The van der Waals surface area contributed by atoms with Crippen LogP contribution in [0, 0.1) is 13.8 Å². The van der Waals surface area contributed by atoms with Crippen LogP contribution in [0.2, 0.25) is 0 Å². The first-order valence-electron chi connectivity index (χ1n) is 8.91. The normalized spacial score (nSPS) is 16.4. The van der Waals surface area contributed by atoms with E-state index in [1.54, 1.807) is 32.7 Å². The van der Waals surface area contributed by atoms with Crippen LogP contribution in [0.4, 0.5) is 0 Å². The van der Waals surface area contributed by atoms with E-state index >= 15 is 0 Å². The standard InChI is InChI=1S/C19H28N2O4/c1-11-16(13(3)22)12(2)20-17(11)19(24)25-14(4)18(23)21(5)15-9-7-6-8-10-15/h14-15,20H,6-10H2,1-5H3/t14-/m0/s1. The van der Waals surface area contributed by atoms with E-state index in [0.717, 1.165) is 25.7 Å². The Kier molecular flexibility index (Phi) is 6.03. The molecule has 1 atom stereocenters. The molecule has 1 aliphatic rings. The molecule has 0 aliphatic heterocycles. The molecule has 1 amide bonds. The molecular formula is C19H28N2O4. The van der Waals surface area contributed by atoms with Gasteiger partial charge >= 0.3 is 5.97 Å². The third-order valence-corrected chi connectivity index (χ3v) is 5.10. The number of hydrogen-bond donors (Lipinski definition) is 1. The molecule has 6 heteroatoms. The van der Waals surface area contributed by atoms with Gasteiger partial charge in [0.05, 0.1) is 0 Å². The summed E-state index contributed by atoms with van der Waals surface area (Å²) in [6.45, 7) is 6.50. The van der Waals surface area contributed by atoms with Crippen molar-refractivity contribution in [2.75, 3.05) is 7.05 Å². The average Bonchev–Trinajstić information content (AvgIpc) is 2.88. The molecule has 1 aromatic heterocycles. The van der Waals surface area contributed by atoms with Crippen molar-refractivity contribution >= 4 is 17.7 Å². The van der Waals surface area contributed by atoms with Crippen LogP contribution in [0.25, 0.3) is 0 Å². The molecule has 1 fully saturated rings. The number of H-pyrrole nitrogens is 1. The lowest BCUT2D eigenvalue weighted by molar-refractivity contribution is -0.141. The lowest BCUT2D eigenvalue weighted by Crippen LogP contribution is -2.44. The quantitative estimate of drug-likeness (QED) is 0.655. The number of nitrogens with zero attached hydrogens (tertiary/aromatic N) is 1. The molecule has 1 aromatic rings. The molecule has 0 aromatic carbocycles. The number of aromatic amines is 1. The van der Waals surface area contributed by atoms with E-state index in [0.29, 0.717) is 16.8 Å². The predicted octanol–water partition coefficient (Wildman–Crippen LogP) is 3.17. The fourth-order valence-corrected chi connectivity index (χ4v) is 3.69. The van der Waals surface area contributed by atoms with Crippen molar-refractivity contribution in [3.63, 3.8) is 0 Å². The number of carbonyl (C=O) groups excluding carboxylic acids is 3. The van der Waals surface area contributed by atoms with E-state index in [4.69, 9.17) is 4.74 Å². The number of nitrogens with one attached hydrogen (secondary N) is 1. The first-order valence-corrected chi connectivity index (χ1v) is 8.91. The van der Waals surface area contributed by atoms with Gasteiger partial charge in [-0.3, -0.25) is 9.59 Å². The van der Waals surface area contributed by atoms with Crippen molar-refractivity contribution in [2.45, 2.75) is 71.9 Å². The van der Waals surface area contributed by atoms with Gasteiger partial charge in [-0.2, -0.15) is 0 Å². The third kappa shape index (κ3) is 4.11. The molecule has 1 saturated carbocycles. The van der Waals surface area contributed by atoms with Crippen LogP contribution in [-0.4, -0.2) is 46.7 Å². The maximum atomic E-state index is 12.6. The monoisotopic (exact) mass is 348 g/mol. The number of hydrogen-bond acceptors (Lipinski definition) is 4. The third-order valence-electron chi connectivity index (χ3n) is 5.10. The summed E-state index contributed by atoms with van der Waals surface area (Å²) in [6.07, 6.45) is 4.62. The fraction of sp³-hybridized carbons (Fsp3) is 0.632. The van der Waals surface area contributed by atoms with Gasteiger partial charge in [0.15, 0.2) is 11.9 Å². The van der Waals surface area contributed by atoms with Crippen LogP contribution in [0.5, 0.6) is 0 Å². The van der Waals surface area contributed by atoms with Crippen LogP contribution < -0.4 is 0 Å². The number of likely N-dealkylation sites (N-methyl/N-ethyl adjacent to an activating group) is 1. The highest BCUT2D eigenvalue weighted by atomic mass is 16.5. The Morgan fingerprint density at radius 3 is 2.28 bits per heavy atom. The summed E-state index contributed by atoms with van der Waals surface area (Å²) in [5.41, 5.74) is 1.94. The maximum Gasteiger partial charge on any atom is 0.355 e. The van der Waals surface area contributed by atoms with E-state index < -0.39 is 12.1 Å². The summed E-state index contributed by atoms with van der Waals surface area (Å²) < 4.78 is 5.37. The highest BCUT2D eigenvalue weighted by Crippen LogP contribution is 2.23. The Bertz CT molecular complexity index is 671. The number of amides is 1. The lowest BCUT2D eigenvalue weighted by Gasteiger charge is -2.32. The summed E-state index contributed by atoms with van der Waals surface area (Å²) in [7, 11) is 1.78. The summed E-state index contributed by atoms with van der Waals surface area (Å²) >= 11 is 0. The number of carbonyl (C=O) groups is 3. The van der Waals surface area contributed by atoms with Crippen LogP contribution in [0.1, 0.15) is 78.1 Å². The molecule has 0 saturated heterocycles. The van der Waals surface area contributed by atoms with Gasteiger partial charge in [-0.15, -0.1) is 0 Å². The van der Waals surface area contributed by atoms with Gasteiger partial charge in [0.1, 0.15) is 5.69 Å². The number of ether oxygens (including phenoxy) is 1. The first-order chi connectivity index (χ1) is 11.7. The van der Waals surface area contributed by atoms with Crippen molar-refractivity contribution in [1.82, 2.24) is 9.88 Å². The van der Waals surface area contributed by atoms with Gasteiger partial charge in [0, 0.05) is 24.3 Å². The summed E-state index contributed by atoms with van der Waals surface area (Å²) in [6, 6.07) is 0.223. The number of Topliss-reactive ketones (excluding diaryl/α,β-unsaturated/α-hetero) is 1. The Morgan fingerprint density at radius 2 is 1.76 bits per heavy atom. The van der Waals surface area contributed by atoms with Crippen LogP contribution >= 0.6 is 0 Å². The van der Waals surface area contributed by atoms with Crippen LogP contribution in [-0.2, 0) is 9.53 Å². The van der Waals surface area contributed by atoms with Gasteiger partial charge in [-0.05, 0) is 46.1 Å². The maximum absolute atomic E-state index is 12.6. The molecule has 0 radical (unpaired) electrons. The molecule has 1 heterocycles. The Morgan fingerprint density at radius 1 is 1.16 bits per heavy atom. The summed E-state index contributed by atoms with van der Waals surface area (Å²) in [5, 5.41) is 0. The SMILES string of the molecule is CC(=O)c1c(C)[nH]c(C(=O)O[C@@H](C)C(=O)N(C)C2CCCCC2)c1C. The molecule has 2 rings (SSSR count). The zero-order valence-electron chi connectivity index (χ0n) is 15.8. The van der Waals surface area contributed by atoms with Crippen LogP contribution in [0.3, 0.4) is 0 Å². The number of aryl methyl sites for hydroxylation is 1. The highest BCUT2D eigenvalue weighted by Gasteiger charge is 2.29. The van der Waals surface area contributed by atoms with Crippen molar-refractivity contribution in [3.05, 3.63) is 22.5 Å². The number of esters is 1.